The Labute approximate surface area is 162 Å². The second-order valence-electron chi connectivity index (χ2n) is 7.55. The lowest BCUT2D eigenvalue weighted by Crippen LogP contribution is -2.43. The Balaban J connectivity index is 1.82. The molecule has 0 bridgehead atoms. The van der Waals surface area contributed by atoms with E-state index < -0.39 is 29.8 Å². The number of likely N-dealkylation sites (tertiary alicyclic amines) is 1. The van der Waals surface area contributed by atoms with Crippen LogP contribution in [0.25, 0.3) is 10.8 Å². The Morgan fingerprint density at radius 3 is 2.44 bits per heavy atom. The predicted octanol–water partition coefficient (Wildman–Crippen LogP) is 4.33. The van der Waals surface area contributed by atoms with Crippen molar-refractivity contribution in [1.82, 2.24) is 4.90 Å². The summed E-state index contributed by atoms with van der Waals surface area (Å²) in [4.78, 5) is 25.2. The van der Waals surface area contributed by atoms with Crippen LogP contribution >= 0.6 is 11.6 Å². The number of carboxylic acids is 1. The zero-order valence-electron chi connectivity index (χ0n) is 15.4. The number of carbonyl (C=O) groups excluding carboxylic acids is 1. The summed E-state index contributed by atoms with van der Waals surface area (Å²) in [7, 11) is 0. The van der Waals surface area contributed by atoms with E-state index in [1.54, 1.807) is 32.9 Å². The highest BCUT2D eigenvalue weighted by Gasteiger charge is 2.42. The fourth-order valence-electron chi connectivity index (χ4n) is 3.16. The third kappa shape index (κ3) is 4.27. The van der Waals surface area contributed by atoms with Crippen LogP contribution in [-0.2, 0) is 9.53 Å². The number of carbonyl (C=O) groups is 2. The van der Waals surface area contributed by atoms with E-state index in [1.165, 1.54) is 4.90 Å². The number of hydrogen-bond donors (Lipinski definition) is 1. The van der Waals surface area contributed by atoms with Crippen LogP contribution in [0.5, 0.6) is 5.75 Å². The first kappa shape index (κ1) is 19.3. The van der Waals surface area contributed by atoms with Gasteiger partial charge in [0.2, 0.25) is 0 Å². The van der Waals surface area contributed by atoms with Gasteiger partial charge in [-0.05, 0) is 32.9 Å². The van der Waals surface area contributed by atoms with Gasteiger partial charge < -0.3 is 14.6 Å². The monoisotopic (exact) mass is 391 g/mol. The number of fused-ring (bicyclic) bond motifs is 1. The molecule has 1 fully saturated rings. The molecule has 0 radical (unpaired) electrons. The van der Waals surface area contributed by atoms with Crippen LogP contribution in [0.3, 0.4) is 0 Å². The van der Waals surface area contributed by atoms with Crippen LogP contribution in [0.2, 0.25) is 5.02 Å². The number of carboxylic acid groups (broad SMARTS) is 1. The van der Waals surface area contributed by atoms with Crippen molar-refractivity contribution in [3.8, 4) is 5.75 Å². The molecule has 1 amide bonds. The first-order valence-corrected chi connectivity index (χ1v) is 9.10. The van der Waals surface area contributed by atoms with Gasteiger partial charge in [0.15, 0.2) is 0 Å². The molecule has 144 valence electrons. The van der Waals surface area contributed by atoms with E-state index in [0.29, 0.717) is 10.8 Å². The average Bonchev–Trinajstić information content (AvgIpc) is 3.01. The average molecular weight is 392 g/mol. The molecule has 27 heavy (non-hydrogen) atoms. The lowest BCUT2D eigenvalue weighted by molar-refractivity contribution is -0.142. The number of halogens is 1. The second kappa shape index (κ2) is 7.27. The number of benzene rings is 2. The van der Waals surface area contributed by atoms with Gasteiger partial charge in [-0.1, -0.05) is 35.9 Å². The van der Waals surface area contributed by atoms with Gasteiger partial charge in [-0.15, -0.1) is 0 Å². The molecule has 1 heterocycles. The van der Waals surface area contributed by atoms with Crippen molar-refractivity contribution in [2.75, 3.05) is 6.54 Å². The minimum absolute atomic E-state index is 0.142. The highest BCUT2D eigenvalue weighted by Crippen LogP contribution is 2.33. The summed E-state index contributed by atoms with van der Waals surface area (Å²) in [6, 6.07) is 10.1. The van der Waals surface area contributed by atoms with Gasteiger partial charge in [0, 0.05) is 22.2 Å². The molecule has 1 N–H and O–H groups in total. The maximum absolute atomic E-state index is 12.4. The number of nitrogens with zero attached hydrogens (tertiary/aromatic N) is 1. The van der Waals surface area contributed by atoms with Gasteiger partial charge in [0.25, 0.3) is 0 Å². The largest absolute Gasteiger partial charge is 0.488 e. The van der Waals surface area contributed by atoms with Crippen LogP contribution in [0.15, 0.2) is 36.4 Å². The summed E-state index contributed by atoms with van der Waals surface area (Å²) in [5.74, 6) is -0.469. The van der Waals surface area contributed by atoms with Gasteiger partial charge in [0.1, 0.15) is 23.5 Å². The maximum atomic E-state index is 12.4. The summed E-state index contributed by atoms with van der Waals surface area (Å²) in [6.45, 7) is 5.36. The van der Waals surface area contributed by atoms with Gasteiger partial charge in [-0.3, -0.25) is 4.90 Å². The minimum Gasteiger partial charge on any atom is -0.488 e. The molecule has 0 spiro atoms. The molecule has 1 saturated heterocycles. The molecule has 2 atom stereocenters. The van der Waals surface area contributed by atoms with Crippen molar-refractivity contribution in [2.24, 2.45) is 0 Å². The standard InChI is InChI=1S/C20H22ClNO5/c1-20(2,3)27-19(25)22-11-12(10-16(22)18(23)24)26-17-9-8-15(21)13-6-4-5-7-14(13)17/h4-9,12,16H,10-11H2,1-3H3,(H,23,24)/t12-,16-/m0/s1. The highest BCUT2D eigenvalue weighted by molar-refractivity contribution is 6.35. The maximum Gasteiger partial charge on any atom is 0.411 e. The van der Waals surface area contributed by atoms with Crippen LogP contribution in [-0.4, -0.2) is 46.4 Å². The van der Waals surface area contributed by atoms with Crippen LogP contribution in [0.1, 0.15) is 27.2 Å². The number of aliphatic carboxylic acids is 1. The second-order valence-corrected chi connectivity index (χ2v) is 7.96. The van der Waals surface area contributed by atoms with Gasteiger partial charge >= 0.3 is 12.1 Å². The van der Waals surface area contributed by atoms with Crippen molar-refractivity contribution in [1.29, 1.82) is 0 Å². The quantitative estimate of drug-likeness (QED) is 0.842. The lowest BCUT2D eigenvalue weighted by atomic mass is 10.1. The molecule has 6 nitrogen and oxygen atoms in total. The Bertz CT molecular complexity index is 876. The SMILES string of the molecule is CC(C)(C)OC(=O)N1C[C@@H](Oc2ccc(Cl)c3ccccc23)C[C@H]1C(=O)O. The summed E-state index contributed by atoms with van der Waals surface area (Å²) >= 11 is 6.23. The Morgan fingerprint density at radius 1 is 1.15 bits per heavy atom. The zero-order chi connectivity index (χ0) is 19.8. The molecule has 0 aromatic heterocycles. The van der Waals surface area contributed by atoms with Crippen molar-refractivity contribution in [2.45, 2.75) is 44.9 Å². The molecule has 0 aliphatic carbocycles. The van der Waals surface area contributed by atoms with E-state index in [1.807, 2.05) is 24.3 Å². The molecular weight excluding hydrogens is 370 g/mol. The van der Waals surface area contributed by atoms with E-state index in [0.717, 1.165) is 10.8 Å². The van der Waals surface area contributed by atoms with E-state index in [2.05, 4.69) is 0 Å². The molecule has 1 aliphatic heterocycles. The fraction of sp³-hybridized carbons (Fsp3) is 0.400. The summed E-state index contributed by atoms with van der Waals surface area (Å²) in [5.41, 5.74) is -0.703. The topological polar surface area (TPSA) is 76.1 Å². The fourth-order valence-corrected chi connectivity index (χ4v) is 3.38. The number of amides is 1. The van der Waals surface area contributed by atoms with E-state index in [9.17, 15) is 14.7 Å². The van der Waals surface area contributed by atoms with Gasteiger partial charge in [-0.2, -0.15) is 0 Å². The lowest BCUT2D eigenvalue weighted by Gasteiger charge is -2.26. The predicted molar refractivity (Wildman–Crippen MR) is 102 cm³/mol. The summed E-state index contributed by atoms with van der Waals surface area (Å²) < 4.78 is 11.4. The molecular formula is C20H22ClNO5. The van der Waals surface area contributed by atoms with Gasteiger partial charge in [-0.25, -0.2) is 9.59 Å². The normalized spacial score (nSPS) is 19.9. The Kier molecular flexibility index (Phi) is 5.20. The molecule has 7 heteroatoms. The van der Waals surface area contributed by atoms with Crippen LogP contribution in [0, 0.1) is 0 Å². The van der Waals surface area contributed by atoms with E-state index in [-0.39, 0.29) is 13.0 Å². The third-order valence-corrected chi connectivity index (χ3v) is 4.63. The molecule has 1 aliphatic rings. The summed E-state index contributed by atoms with van der Waals surface area (Å²) in [6.07, 6.45) is -0.920. The zero-order valence-corrected chi connectivity index (χ0v) is 16.2. The number of rotatable bonds is 3. The Morgan fingerprint density at radius 2 is 1.81 bits per heavy atom. The van der Waals surface area contributed by atoms with E-state index in [4.69, 9.17) is 21.1 Å². The third-order valence-electron chi connectivity index (χ3n) is 4.30. The van der Waals surface area contributed by atoms with Crippen molar-refractivity contribution in [3.63, 3.8) is 0 Å². The number of ether oxygens (including phenoxy) is 2. The van der Waals surface area contributed by atoms with Crippen molar-refractivity contribution >= 4 is 34.4 Å². The first-order valence-electron chi connectivity index (χ1n) is 8.72. The molecule has 0 saturated carbocycles. The highest BCUT2D eigenvalue weighted by atomic mass is 35.5. The Hall–Kier alpha value is -2.47. The smallest absolute Gasteiger partial charge is 0.411 e. The van der Waals surface area contributed by atoms with Crippen LogP contribution < -0.4 is 4.74 Å². The molecule has 2 aromatic carbocycles. The van der Waals surface area contributed by atoms with Crippen LogP contribution in [0.4, 0.5) is 4.79 Å². The van der Waals surface area contributed by atoms with Crippen molar-refractivity contribution < 1.29 is 24.2 Å². The summed E-state index contributed by atoms with van der Waals surface area (Å²) in [5, 5.41) is 11.8. The first-order chi connectivity index (χ1) is 12.7. The van der Waals surface area contributed by atoms with E-state index >= 15 is 0 Å². The number of hydrogen-bond acceptors (Lipinski definition) is 4. The molecule has 0 unspecified atom stereocenters. The molecule has 3 rings (SSSR count). The minimum atomic E-state index is -1.08. The van der Waals surface area contributed by atoms with Crippen molar-refractivity contribution in [3.05, 3.63) is 41.4 Å². The molecule has 2 aromatic rings. The van der Waals surface area contributed by atoms with Gasteiger partial charge in [0.05, 0.1) is 6.54 Å².